The second-order valence-corrected chi connectivity index (χ2v) is 4.84. The van der Waals surface area contributed by atoms with Gasteiger partial charge in [0.05, 0.1) is 13.1 Å². The van der Waals surface area contributed by atoms with E-state index >= 15 is 0 Å². The topological polar surface area (TPSA) is 29.1 Å². The Bertz CT molecular complexity index is 458. The summed E-state index contributed by atoms with van der Waals surface area (Å²) >= 11 is 0. The predicted octanol–water partition coefficient (Wildman–Crippen LogP) is 2.29. The molecule has 1 unspecified atom stereocenters. The molecule has 0 bridgehead atoms. The average molecular weight is 241 g/mol. The fourth-order valence-corrected chi connectivity index (χ4v) is 2.69. The maximum absolute atomic E-state index is 11.9. The Morgan fingerprint density at radius 2 is 2.28 bits per heavy atom. The zero-order valence-electron chi connectivity index (χ0n) is 10.6. The maximum atomic E-state index is 11.9. The van der Waals surface area contributed by atoms with Gasteiger partial charge in [-0.2, -0.15) is 0 Å². The van der Waals surface area contributed by atoms with Gasteiger partial charge in [-0.05, 0) is 36.3 Å². The van der Waals surface area contributed by atoms with E-state index in [0.29, 0.717) is 25.4 Å². The van der Waals surface area contributed by atoms with Gasteiger partial charge in [0.25, 0.3) is 0 Å². The molecule has 1 aromatic carbocycles. The largest absolute Gasteiger partial charge is 0.299 e. The van der Waals surface area contributed by atoms with Crippen LogP contribution in [0.5, 0.6) is 0 Å². The van der Waals surface area contributed by atoms with Crippen LogP contribution < -0.4 is 5.32 Å². The van der Waals surface area contributed by atoms with Crippen LogP contribution in [0.1, 0.15) is 36.3 Å². The van der Waals surface area contributed by atoms with E-state index < -0.39 is 0 Å². The third-order valence-electron chi connectivity index (χ3n) is 3.52. The summed E-state index contributed by atoms with van der Waals surface area (Å²) in [6, 6.07) is 8.50. The lowest BCUT2D eigenvalue weighted by molar-refractivity contribution is -0.118. The van der Waals surface area contributed by atoms with Crippen molar-refractivity contribution in [2.24, 2.45) is 0 Å². The number of ketones is 1. The molecule has 0 heterocycles. The smallest absolute Gasteiger partial charge is 0.147 e. The summed E-state index contributed by atoms with van der Waals surface area (Å²) in [5, 5.41) is 2.96. The number of terminal acetylenes is 1. The number of carbonyl (C=O) groups is 1. The van der Waals surface area contributed by atoms with Gasteiger partial charge in [-0.25, -0.2) is 0 Å². The van der Waals surface area contributed by atoms with Gasteiger partial charge in [0.15, 0.2) is 0 Å². The van der Waals surface area contributed by atoms with Crippen molar-refractivity contribution >= 4 is 5.78 Å². The summed E-state index contributed by atoms with van der Waals surface area (Å²) in [4.78, 5) is 11.9. The molecule has 0 saturated carbocycles. The van der Waals surface area contributed by atoms with Crippen LogP contribution in [0.4, 0.5) is 0 Å². The molecule has 0 radical (unpaired) electrons. The molecule has 94 valence electrons. The summed E-state index contributed by atoms with van der Waals surface area (Å²) in [5.74, 6) is 3.13. The number of fused-ring (bicyclic) bond motifs is 1. The molecule has 2 heteroatoms. The minimum absolute atomic E-state index is 0.256. The second-order valence-electron chi connectivity index (χ2n) is 4.84. The standard InChI is InChI=1S/C16H19NO/c1-2-10-17-12-15(18)11-14-8-5-7-13-6-3-4-9-16(13)14/h1,3-4,6,9,14,17H,5,7-8,10-12H2. The first kappa shape index (κ1) is 12.9. The third-order valence-corrected chi connectivity index (χ3v) is 3.52. The highest BCUT2D eigenvalue weighted by molar-refractivity contribution is 5.81. The molecule has 0 spiro atoms. The van der Waals surface area contributed by atoms with Gasteiger partial charge < -0.3 is 0 Å². The zero-order chi connectivity index (χ0) is 12.8. The van der Waals surface area contributed by atoms with E-state index in [0.717, 1.165) is 12.8 Å². The third kappa shape index (κ3) is 3.21. The van der Waals surface area contributed by atoms with E-state index in [9.17, 15) is 4.79 Å². The molecule has 1 aliphatic rings. The van der Waals surface area contributed by atoms with Crippen molar-refractivity contribution in [3.05, 3.63) is 35.4 Å². The van der Waals surface area contributed by atoms with Crippen molar-refractivity contribution in [1.29, 1.82) is 0 Å². The molecule has 0 aromatic heterocycles. The van der Waals surface area contributed by atoms with Crippen molar-refractivity contribution in [2.75, 3.05) is 13.1 Å². The van der Waals surface area contributed by atoms with Crippen LogP contribution >= 0.6 is 0 Å². The summed E-state index contributed by atoms with van der Waals surface area (Å²) in [6.45, 7) is 0.857. The number of rotatable bonds is 5. The lowest BCUT2D eigenvalue weighted by Gasteiger charge is -2.24. The number of benzene rings is 1. The highest BCUT2D eigenvalue weighted by Crippen LogP contribution is 2.33. The number of Topliss-reactive ketones (excluding diaryl/α,β-unsaturated/α-hetero) is 1. The zero-order valence-corrected chi connectivity index (χ0v) is 10.6. The predicted molar refractivity (Wildman–Crippen MR) is 73.4 cm³/mol. The average Bonchev–Trinajstić information content (AvgIpc) is 2.39. The Labute approximate surface area is 109 Å². The van der Waals surface area contributed by atoms with Crippen LogP contribution in [0.2, 0.25) is 0 Å². The molecular weight excluding hydrogens is 222 g/mol. The fraction of sp³-hybridized carbons (Fsp3) is 0.438. The minimum Gasteiger partial charge on any atom is -0.299 e. The van der Waals surface area contributed by atoms with E-state index in [-0.39, 0.29) is 5.78 Å². The normalized spacial score (nSPS) is 17.8. The van der Waals surface area contributed by atoms with E-state index in [1.165, 1.54) is 17.5 Å². The first-order valence-corrected chi connectivity index (χ1v) is 6.55. The van der Waals surface area contributed by atoms with Gasteiger partial charge in [0, 0.05) is 6.42 Å². The Morgan fingerprint density at radius 3 is 3.11 bits per heavy atom. The highest BCUT2D eigenvalue weighted by atomic mass is 16.1. The number of hydrogen-bond acceptors (Lipinski definition) is 2. The van der Waals surface area contributed by atoms with Crippen LogP contribution in [0.25, 0.3) is 0 Å². The number of nitrogens with one attached hydrogen (secondary N) is 1. The Hall–Kier alpha value is -1.59. The van der Waals surface area contributed by atoms with Gasteiger partial charge in [-0.3, -0.25) is 10.1 Å². The van der Waals surface area contributed by atoms with Crippen molar-refractivity contribution in [3.8, 4) is 12.3 Å². The number of carbonyl (C=O) groups excluding carboxylic acids is 1. The molecule has 1 atom stereocenters. The van der Waals surface area contributed by atoms with Gasteiger partial charge in [0.1, 0.15) is 5.78 Å². The van der Waals surface area contributed by atoms with Crippen LogP contribution in [-0.4, -0.2) is 18.9 Å². The monoisotopic (exact) mass is 241 g/mol. The molecule has 1 aliphatic carbocycles. The Balaban J connectivity index is 1.95. The fourth-order valence-electron chi connectivity index (χ4n) is 2.69. The SMILES string of the molecule is C#CCNCC(=O)CC1CCCc2ccccc21. The lowest BCUT2D eigenvalue weighted by atomic mass is 9.80. The van der Waals surface area contributed by atoms with Crippen LogP contribution in [0, 0.1) is 12.3 Å². The van der Waals surface area contributed by atoms with Crippen LogP contribution in [0.3, 0.4) is 0 Å². The molecule has 2 nitrogen and oxygen atoms in total. The van der Waals surface area contributed by atoms with Crippen LogP contribution in [0.15, 0.2) is 24.3 Å². The summed E-state index contributed by atoms with van der Waals surface area (Å²) in [7, 11) is 0. The lowest BCUT2D eigenvalue weighted by Crippen LogP contribution is -2.25. The molecule has 0 fully saturated rings. The summed E-state index contributed by atoms with van der Waals surface area (Å²) < 4.78 is 0. The quantitative estimate of drug-likeness (QED) is 0.633. The molecule has 0 amide bonds. The molecular formula is C16H19NO. The van der Waals surface area contributed by atoms with Crippen molar-refractivity contribution in [1.82, 2.24) is 5.32 Å². The van der Waals surface area contributed by atoms with E-state index in [4.69, 9.17) is 6.42 Å². The van der Waals surface area contributed by atoms with Gasteiger partial charge in [-0.15, -0.1) is 6.42 Å². The highest BCUT2D eigenvalue weighted by Gasteiger charge is 2.21. The van der Waals surface area contributed by atoms with Gasteiger partial charge in [-0.1, -0.05) is 30.2 Å². The Morgan fingerprint density at radius 1 is 1.44 bits per heavy atom. The number of hydrogen-bond donors (Lipinski definition) is 1. The first-order chi connectivity index (χ1) is 8.81. The summed E-state index contributed by atoms with van der Waals surface area (Å²) in [5.41, 5.74) is 2.78. The molecule has 0 aliphatic heterocycles. The molecule has 2 rings (SSSR count). The molecule has 18 heavy (non-hydrogen) atoms. The Kier molecular flexibility index (Phi) is 4.55. The molecule has 1 N–H and O–H groups in total. The second kappa shape index (κ2) is 6.37. The van der Waals surface area contributed by atoms with Gasteiger partial charge in [0.2, 0.25) is 0 Å². The van der Waals surface area contributed by atoms with Crippen molar-refractivity contribution in [3.63, 3.8) is 0 Å². The van der Waals surface area contributed by atoms with Gasteiger partial charge >= 0.3 is 0 Å². The van der Waals surface area contributed by atoms with E-state index in [2.05, 4.69) is 35.5 Å². The van der Waals surface area contributed by atoms with E-state index in [1.54, 1.807) is 0 Å². The first-order valence-electron chi connectivity index (χ1n) is 6.55. The van der Waals surface area contributed by atoms with Crippen molar-refractivity contribution < 1.29 is 4.79 Å². The molecule has 1 aromatic rings. The van der Waals surface area contributed by atoms with Crippen molar-refractivity contribution in [2.45, 2.75) is 31.6 Å². The van der Waals surface area contributed by atoms with Crippen LogP contribution in [-0.2, 0) is 11.2 Å². The minimum atomic E-state index is 0.256. The number of aryl methyl sites for hydroxylation is 1. The summed E-state index contributed by atoms with van der Waals surface area (Å²) in [6.07, 6.45) is 9.23. The molecule has 0 saturated heterocycles. The van der Waals surface area contributed by atoms with E-state index in [1.807, 2.05) is 0 Å². The maximum Gasteiger partial charge on any atom is 0.147 e.